The zero-order valence-electron chi connectivity index (χ0n) is 11.4. The van der Waals surface area contributed by atoms with Crippen LogP contribution in [0.3, 0.4) is 0 Å². The van der Waals surface area contributed by atoms with E-state index < -0.39 is 6.04 Å². The van der Waals surface area contributed by atoms with Gasteiger partial charge >= 0.3 is 0 Å². The Hall–Kier alpha value is -1.24. The predicted molar refractivity (Wildman–Crippen MR) is 85.4 cm³/mol. The third-order valence-electron chi connectivity index (χ3n) is 2.52. The first kappa shape index (κ1) is 16.8. The summed E-state index contributed by atoms with van der Waals surface area (Å²) in [6.45, 7) is 1.40. The van der Waals surface area contributed by atoms with Gasteiger partial charge in [0.25, 0.3) is 0 Å². The van der Waals surface area contributed by atoms with Gasteiger partial charge in [-0.2, -0.15) is 11.8 Å². The van der Waals surface area contributed by atoms with E-state index in [-0.39, 0.29) is 11.8 Å². The number of anilines is 2. The number of nitrogens with one attached hydrogen (secondary N) is 2. The first-order valence-corrected chi connectivity index (χ1v) is 7.83. The monoisotopic (exact) mass is 315 g/mol. The van der Waals surface area contributed by atoms with E-state index in [1.165, 1.54) is 6.92 Å². The van der Waals surface area contributed by atoms with Gasteiger partial charge in [-0.05, 0) is 36.6 Å². The molecule has 1 atom stereocenters. The number of rotatable bonds is 6. The highest BCUT2D eigenvalue weighted by atomic mass is 35.5. The van der Waals surface area contributed by atoms with Crippen LogP contribution in [0.2, 0.25) is 5.02 Å². The summed E-state index contributed by atoms with van der Waals surface area (Å²) in [6.07, 6.45) is 2.58. The van der Waals surface area contributed by atoms with Gasteiger partial charge in [0.2, 0.25) is 11.8 Å². The summed E-state index contributed by atoms with van der Waals surface area (Å²) in [6, 6.07) is 4.33. The number of carbonyl (C=O) groups excluding carboxylic acids is 2. The lowest BCUT2D eigenvalue weighted by molar-refractivity contribution is -0.117. The molecule has 0 saturated heterocycles. The van der Waals surface area contributed by atoms with Crippen LogP contribution >= 0.6 is 23.4 Å². The van der Waals surface area contributed by atoms with Gasteiger partial charge < -0.3 is 16.4 Å². The van der Waals surface area contributed by atoms with Crippen molar-refractivity contribution >= 4 is 46.6 Å². The first-order chi connectivity index (χ1) is 9.43. The predicted octanol–water partition coefficient (Wildman–Crippen LogP) is 2.32. The van der Waals surface area contributed by atoms with Gasteiger partial charge in [0, 0.05) is 12.6 Å². The summed E-state index contributed by atoms with van der Waals surface area (Å²) in [4.78, 5) is 22.8. The van der Waals surface area contributed by atoms with Crippen molar-refractivity contribution in [2.75, 3.05) is 22.6 Å². The van der Waals surface area contributed by atoms with E-state index in [1.807, 2.05) is 6.26 Å². The van der Waals surface area contributed by atoms with Crippen molar-refractivity contribution in [2.24, 2.45) is 5.73 Å². The quantitative estimate of drug-likeness (QED) is 0.752. The molecule has 110 valence electrons. The third kappa shape index (κ3) is 5.40. The molecule has 5 nitrogen and oxygen atoms in total. The summed E-state index contributed by atoms with van der Waals surface area (Å²) >= 11 is 7.66. The van der Waals surface area contributed by atoms with E-state index in [2.05, 4.69) is 10.6 Å². The number of nitrogens with two attached hydrogens (primary N) is 1. The van der Waals surface area contributed by atoms with Crippen LogP contribution in [0, 0.1) is 0 Å². The van der Waals surface area contributed by atoms with E-state index in [0.29, 0.717) is 22.8 Å². The van der Waals surface area contributed by atoms with Crippen molar-refractivity contribution in [3.63, 3.8) is 0 Å². The molecule has 0 saturated carbocycles. The van der Waals surface area contributed by atoms with Gasteiger partial charge in [-0.1, -0.05) is 11.6 Å². The first-order valence-electron chi connectivity index (χ1n) is 6.06. The second kappa shape index (κ2) is 8.14. The molecular formula is C13H18ClN3O2S. The van der Waals surface area contributed by atoms with Crippen molar-refractivity contribution in [3.8, 4) is 0 Å². The molecule has 2 amide bonds. The molecule has 1 aromatic carbocycles. The minimum absolute atomic E-state index is 0.206. The van der Waals surface area contributed by atoms with Crippen molar-refractivity contribution in [1.29, 1.82) is 0 Å². The molecule has 20 heavy (non-hydrogen) atoms. The van der Waals surface area contributed by atoms with Crippen LogP contribution in [0.4, 0.5) is 11.4 Å². The second-order valence-electron chi connectivity index (χ2n) is 4.25. The molecule has 0 fully saturated rings. The van der Waals surface area contributed by atoms with Crippen LogP contribution in [-0.2, 0) is 9.59 Å². The molecule has 0 unspecified atom stereocenters. The second-order valence-corrected chi connectivity index (χ2v) is 5.65. The summed E-state index contributed by atoms with van der Waals surface area (Å²) < 4.78 is 0. The Balaban J connectivity index is 2.67. The average molecular weight is 316 g/mol. The Kier molecular flexibility index (Phi) is 6.84. The minimum atomic E-state index is -0.545. The number of carbonyl (C=O) groups is 2. The van der Waals surface area contributed by atoms with Crippen molar-refractivity contribution < 1.29 is 9.59 Å². The zero-order chi connectivity index (χ0) is 15.1. The highest BCUT2D eigenvalue weighted by molar-refractivity contribution is 7.98. The standard InChI is InChI=1S/C13H18ClN3O2S/c1-8(18)16-12-4-3-9(7-10(12)14)17-13(19)11(15)5-6-20-2/h3-4,7,11H,5-6,15H2,1-2H3,(H,16,18)(H,17,19)/t11-/m1/s1. The molecule has 7 heteroatoms. The molecule has 0 bridgehead atoms. The Bertz CT molecular complexity index is 497. The summed E-state index contributed by atoms with van der Waals surface area (Å²) in [5, 5.41) is 5.65. The van der Waals surface area contributed by atoms with E-state index in [1.54, 1.807) is 30.0 Å². The molecule has 0 aliphatic carbocycles. The number of hydrogen-bond donors (Lipinski definition) is 3. The molecule has 0 aliphatic heterocycles. The van der Waals surface area contributed by atoms with Crippen LogP contribution < -0.4 is 16.4 Å². The minimum Gasteiger partial charge on any atom is -0.325 e. The fourth-order valence-corrected chi connectivity index (χ4v) is 2.21. The van der Waals surface area contributed by atoms with Crippen LogP contribution in [0.5, 0.6) is 0 Å². The fraction of sp³-hybridized carbons (Fsp3) is 0.385. The number of halogens is 1. The summed E-state index contributed by atoms with van der Waals surface area (Å²) in [5.74, 6) is 0.377. The van der Waals surface area contributed by atoms with Crippen LogP contribution in [0.15, 0.2) is 18.2 Å². The van der Waals surface area contributed by atoms with Crippen molar-refractivity contribution in [1.82, 2.24) is 0 Å². The number of thioether (sulfide) groups is 1. The molecule has 0 aliphatic rings. The Morgan fingerprint density at radius 3 is 2.65 bits per heavy atom. The van der Waals surface area contributed by atoms with E-state index in [4.69, 9.17) is 17.3 Å². The summed E-state index contributed by atoms with van der Waals surface area (Å²) in [5.41, 5.74) is 6.82. The SMILES string of the molecule is CSCC[C@@H](N)C(=O)Nc1ccc(NC(C)=O)c(Cl)c1. The van der Waals surface area contributed by atoms with Gasteiger partial charge in [-0.3, -0.25) is 9.59 Å². The van der Waals surface area contributed by atoms with Gasteiger partial charge in [-0.15, -0.1) is 0 Å². The van der Waals surface area contributed by atoms with Crippen LogP contribution in [0.25, 0.3) is 0 Å². The molecule has 0 spiro atoms. The van der Waals surface area contributed by atoms with Crippen LogP contribution in [0.1, 0.15) is 13.3 Å². The topological polar surface area (TPSA) is 84.2 Å². The molecule has 1 aromatic rings. The van der Waals surface area contributed by atoms with Gasteiger partial charge in [-0.25, -0.2) is 0 Å². The molecule has 1 rings (SSSR count). The van der Waals surface area contributed by atoms with E-state index in [0.717, 1.165) is 5.75 Å². The molecule has 0 aromatic heterocycles. The lowest BCUT2D eigenvalue weighted by atomic mass is 10.2. The Morgan fingerprint density at radius 1 is 1.40 bits per heavy atom. The normalized spacial score (nSPS) is 11.8. The maximum atomic E-state index is 11.8. The smallest absolute Gasteiger partial charge is 0.241 e. The average Bonchev–Trinajstić information content (AvgIpc) is 2.38. The fourth-order valence-electron chi connectivity index (χ4n) is 1.49. The maximum absolute atomic E-state index is 11.8. The third-order valence-corrected chi connectivity index (χ3v) is 3.47. The molecule has 4 N–H and O–H groups in total. The lowest BCUT2D eigenvalue weighted by Gasteiger charge is -2.13. The highest BCUT2D eigenvalue weighted by Crippen LogP contribution is 2.25. The van der Waals surface area contributed by atoms with Gasteiger partial charge in [0.05, 0.1) is 16.8 Å². The highest BCUT2D eigenvalue weighted by Gasteiger charge is 2.13. The van der Waals surface area contributed by atoms with Crippen molar-refractivity contribution in [2.45, 2.75) is 19.4 Å². The van der Waals surface area contributed by atoms with Gasteiger partial charge in [0.15, 0.2) is 0 Å². The lowest BCUT2D eigenvalue weighted by Crippen LogP contribution is -2.36. The van der Waals surface area contributed by atoms with E-state index >= 15 is 0 Å². The Labute approximate surface area is 127 Å². The molecule has 0 heterocycles. The number of benzene rings is 1. The van der Waals surface area contributed by atoms with Crippen LogP contribution in [-0.4, -0.2) is 29.9 Å². The number of amides is 2. The Morgan fingerprint density at radius 2 is 2.10 bits per heavy atom. The van der Waals surface area contributed by atoms with Crippen molar-refractivity contribution in [3.05, 3.63) is 23.2 Å². The summed E-state index contributed by atoms with van der Waals surface area (Å²) in [7, 11) is 0. The molecular weight excluding hydrogens is 298 g/mol. The number of hydrogen-bond acceptors (Lipinski definition) is 4. The van der Waals surface area contributed by atoms with E-state index in [9.17, 15) is 9.59 Å². The largest absolute Gasteiger partial charge is 0.325 e. The van der Waals surface area contributed by atoms with Gasteiger partial charge in [0.1, 0.15) is 0 Å². The maximum Gasteiger partial charge on any atom is 0.241 e. The molecule has 0 radical (unpaired) electrons. The zero-order valence-corrected chi connectivity index (χ0v) is 13.0.